The lowest BCUT2D eigenvalue weighted by Gasteiger charge is -2.33. The molecule has 0 unspecified atom stereocenters. The minimum Gasteiger partial charge on any atom is -0.342 e. The molecule has 1 amide bonds. The Labute approximate surface area is 146 Å². The molecule has 2 heterocycles. The average Bonchev–Trinajstić information content (AvgIpc) is 3.14. The number of nitrogens with zero attached hydrogens (tertiary/aromatic N) is 3. The molecule has 1 atom stereocenters. The van der Waals surface area contributed by atoms with Crippen molar-refractivity contribution in [3.8, 4) is 0 Å². The third kappa shape index (κ3) is 4.87. The second-order valence-corrected chi connectivity index (χ2v) is 6.65. The summed E-state index contributed by atoms with van der Waals surface area (Å²) < 4.78 is 28.0. The van der Waals surface area contributed by atoms with Gasteiger partial charge in [0.2, 0.25) is 5.91 Å². The number of hydrogen-bond donors (Lipinski definition) is 0. The molecule has 1 aromatic carbocycles. The fourth-order valence-corrected chi connectivity index (χ4v) is 3.39. The maximum absolute atomic E-state index is 13.3. The number of carbonyl (C=O) groups excluding carboxylic acids is 1. The fourth-order valence-electron chi connectivity index (χ4n) is 3.39. The first-order chi connectivity index (χ1) is 12.1. The summed E-state index contributed by atoms with van der Waals surface area (Å²) in [6, 6.07) is 5.93. The molecule has 1 aliphatic heterocycles. The van der Waals surface area contributed by atoms with Gasteiger partial charge in [0, 0.05) is 38.4 Å². The van der Waals surface area contributed by atoms with E-state index in [9.17, 15) is 13.6 Å². The Morgan fingerprint density at radius 1 is 1.28 bits per heavy atom. The molecule has 6 heteroatoms. The van der Waals surface area contributed by atoms with E-state index in [0.29, 0.717) is 25.3 Å². The standard InChI is InChI=1S/C19H23F2N3O/c20-17-7-6-15(13-18(17)21)4-5-16-3-1-10-23(14-16)19(25)8-12-24-11-2-9-22-24/h2,6-7,9,11,13,16H,1,3-5,8,10,12,14H2/t16-/m0/s1. The third-order valence-corrected chi connectivity index (χ3v) is 4.81. The highest BCUT2D eigenvalue weighted by atomic mass is 19.2. The van der Waals surface area contributed by atoms with Crippen molar-refractivity contribution >= 4 is 5.91 Å². The van der Waals surface area contributed by atoms with Crippen molar-refractivity contribution in [2.75, 3.05) is 13.1 Å². The number of rotatable bonds is 6. The highest BCUT2D eigenvalue weighted by Gasteiger charge is 2.23. The molecule has 1 fully saturated rings. The molecule has 0 bridgehead atoms. The summed E-state index contributed by atoms with van der Waals surface area (Å²) in [5, 5.41) is 4.11. The summed E-state index contributed by atoms with van der Waals surface area (Å²) >= 11 is 0. The number of piperidine rings is 1. The first kappa shape index (κ1) is 17.6. The van der Waals surface area contributed by atoms with Gasteiger partial charge in [-0.15, -0.1) is 0 Å². The SMILES string of the molecule is O=C(CCn1cccn1)N1CCC[C@@H](CCc2ccc(F)c(F)c2)C1. The van der Waals surface area contributed by atoms with Crippen molar-refractivity contribution in [2.24, 2.45) is 5.92 Å². The molecule has 25 heavy (non-hydrogen) atoms. The topological polar surface area (TPSA) is 38.1 Å². The van der Waals surface area contributed by atoms with E-state index in [1.165, 1.54) is 12.1 Å². The van der Waals surface area contributed by atoms with Gasteiger partial charge in [-0.2, -0.15) is 5.10 Å². The Morgan fingerprint density at radius 2 is 2.16 bits per heavy atom. The van der Waals surface area contributed by atoms with Crippen molar-refractivity contribution in [2.45, 2.75) is 38.6 Å². The van der Waals surface area contributed by atoms with Gasteiger partial charge in [0.1, 0.15) is 0 Å². The van der Waals surface area contributed by atoms with Gasteiger partial charge in [-0.05, 0) is 55.4 Å². The summed E-state index contributed by atoms with van der Waals surface area (Å²) in [4.78, 5) is 14.3. The Morgan fingerprint density at radius 3 is 2.92 bits per heavy atom. The summed E-state index contributed by atoms with van der Waals surface area (Å²) in [5.41, 5.74) is 0.807. The Balaban J connectivity index is 1.47. The van der Waals surface area contributed by atoms with Crippen LogP contribution in [-0.4, -0.2) is 33.7 Å². The monoisotopic (exact) mass is 347 g/mol. The molecule has 0 radical (unpaired) electrons. The van der Waals surface area contributed by atoms with Crippen LogP contribution in [0.2, 0.25) is 0 Å². The minimum absolute atomic E-state index is 0.160. The Kier molecular flexibility index (Phi) is 5.79. The quantitative estimate of drug-likeness (QED) is 0.803. The van der Waals surface area contributed by atoms with Crippen molar-refractivity contribution in [3.05, 3.63) is 53.9 Å². The van der Waals surface area contributed by atoms with Crippen LogP contribution >= 0.6 is 0 Å². The molecular formula is C19H23F2N3O. The van der Waals surface area contributed by atoms with E-state index in [1.807, 2.05) is 17.2 Å². The Bertz CT molecular complexity index is 703. The number of carbonyl (C=O) groups is 1. The first-order valence-electron chi connectivity index (χ1n) is 8.81. The lowest BCUT2D eigenvalue weighted by atomic mass is 9.91. The summed E-state index contributed by atoms with van der Waals surface area (Å²) in [5.74, 6) is -1.03. The molecule has 4 nitrogen and oxygen atoms in total. The van der Waals surface area contributed by atoms with Gasteiger partial charge >= 0.3 is 0 Å². The van der Waals surface area contributed by atoms with Crippen LogP contribution in [0.25, 0.3) is 0 Å². The Hall–Kier alpha value is -2.24. The highest BCUT2D eigenvalue weighted by molar-refractivity contribution is 5.76. The van der Waals surface area contributed by atoms with E-state index < -0.39 is 11.6 Å². The molecular weight excluding hydrogens is 324 g/mol. The third-order valence-electron chi connectivity index (χ3n) is 4.81. The lowest BCUT2D eigenvalue weighted by Crippen LogP contribution is -2.40. The molecule has 1 saturated heterocycles. The van der Waals surface area contributed by atoms with Crippen LogP contribution in [0.5, 0.6) is 0 Å². The lowest BCUT2D eigenvalue weighted by molar-refractivity contribution is -0.133. The van der Waals surface area contributed by atoms with Crippen LogP contribution < -0.4 is 0 Å². The van der Waals surface area contributed by atoms with Crippen LogP contribution in [0.1, 0.15) is 31.2 Å². The van der Waals surface area contributed by atoms with Crippen LogP contribution in [0.3, 0.4) is 0 Å². The minimum atomic E-state index is -0.810. The zero-order valence-corrected chi connectivity index (χ0v) is 14.2. The predicted octanol–water partition coefficient (Wildman–Crippen LogP) is 3.42. The van der Waals surface area contributed by atoms with Gasteiger partial charge < -0.3 is 4.90 Å². The van der Waals surface area contributed by atoms with Gasteiger partial charge in [0.05, 0.1) is 0 Å². The maximum Gasteiger partial charge on any atom is 0.224 e. The number of hydrogen-bond acceptors (Lipinski definition) is 2. The first-order valence-corrected chi connectivity index (χ1v) is 8.81. The maximum atomic E-state index is 13.3. The fraction of sp³-hybridized carbons (Fsp3) is 0.474. The number of benzene rings is 1. The van der Waals surface area contributed by atoms with Gasteiger partial charge in [-0.25, -0.2) is 8.78 Å². The summed E-state index contributed by atoms with van der Waals surface area (Å²) in [6.45, 7) is 2.16. The van der Waals surface area contributed by atoms with Crippen LogP contribution in [0.4, 0.5) is 8.78 Å². The average molecular weight is 347 g/mol. The van der Waals surface area contributed by atoms with Crippen LogP contribution in [-0.2, 0) is 17.8 Å². The van der Waals surface area contributed by atoms with Crippen molar-refractivity contribution < 1.29 is 13.6 Å². The molecule has 1 aromatic heterocycles. The van der Waals surface area contributed by atoms with Crippen molar-refractivity contribution in [1.29, 1.82) is 0 Å². The molecule has 3 rings (SSSR count). The number of aromatic nitrogens is 2. The van der Waals surface area contributed by atoms with Crippen LogP contribution in [0, 0.1) is 17.6 Å². The van der Waals surface area contributed by atoms with Gasteiger partial charge in [0.25, 0.3) is 0 Å². The normalized spacial score (nSPS) is 17.7. The van der Waals surface area contributed by atoms with Gasteiger partial charge in [-0.1, -0.05) is 6.07 Å². The highest BCUT2D eigenvalue weighted by Crippen LogP contribution is 2.22. The zero-order valence-electron chi connectivity index (χ0n) is 14.2. The largest absolute Gasteiger partial charge is 0.342 e. The summed E-state index contributed by atoms with van der Waals surface area (Å²) in [6.07, 6.45) is 7.68. The molecule has 0 saturated carbocycles. The number of likely N-dealkylation sites (tertiary alicyclic amines) is 1. The molecule has 0 spiro atoms. The van der Waals surface area contributed by atoms with E-state index in [4.69, 9.17) is 0 Å². The van der Waals surface area contributed by atoms with Gasteiger partial charge in [0.15, 0.2) is 11.6 Å². The van der Waals surface area contributed by atoms with Crippen LogP contribution in [0.15, 0.2) is 36.7 Å². The second-order valence-electron chi connectivity index (χ2n) is 6.65. The van der Waals surface area contributed by atoms with E-state index in [0.717, 1.165) is 37.9 Å². The van der Waals surface area contributed by atoms with Crippen molar-refractivity contribution in [3.63, 3.8) is 0 Å². The zero-order chi connectivity index (χ0) is 17.6. The molecule has 1 aliphatic rings. The van der Waals surface area contributed by atoms with E-state index >= 15 is 0 Å². The number of halogens is 2. The number of aryl methyl sites for hydroxylation is 2. The molecule has 134 valence electrons. The number of amides is 1. The predicted molar refractivity (Wildman–Crippen MR) is 90.8 cm³/mol. The van der Waals surface area contributed by atoms with Crippen molar-refractivity contribution in [1.82, 2.24) is 14.7 Å². The smallest absolute Gasteiger partial charge is 0.224 e. The molecule has 0 aliphatic carbocycles. The van der Waals surface area contributed by atoms with E-state index in [1.54, 1.807) is 16.9 Å². The summed E-state index contributed by atoms with van der Waals surface area (Å²) in [7, 11) is 0. The molecule has 0 N–H and O–H groups in total. The second kappa shape index (κ2) is 8.23. The van der Waals surface area contributed by atoms with E-state index in [2.05, 4.69) is 5.10 Å². The molecule has 2 aromatic rings. The van der Waals surface area contributed by atoms with E-state index in [-0.39, 0.29) is 5.91 Å². The van der Waals surface area contributed by atoms with Gasteiger partial charge in [-0.3, -0.25) is 9.48 Å².